The SMILES string of the molecule is COC(C)CNS(=O)(=O)CCC1CCCCN1. The number of methoxy groups -OCH3 is 1. The zero-order valence-corrected chi connectivity index (χ0v) is 11.6. The van der Waals surface area contributed by atoms with Crippen LogP contribution in [-0.4, -0.2) is 46.5 Å². The van der Waals surface area contributed by atoms with Crippen LogP contribution in [0.3, 0.4) is 0 Å². The van der Waals surface area contributed by atoms with Crippen LogP contribution < -0.4 is 10.0 Å². The molecule has 0 bridgehead atoms. The molecule has 102 valence electrons. The predicted molar refractivity (Wildman–Crippen MR) is 68.5 cm³/mol. The fraction of sp³-hybridized carbons (Fsp3) is 1.00. The Morgan fingerprint density at radius 3 is 2.82 bits per heavy atom. The first-order chi connectivity index (χ1) is 8.03. The highest BCUT2D eigenvalue weighted by atomic mass is 32.2. The molecule has 1 heterocycles. The molecular weight excluding hydrogens is 240 g/mol. The summed E-state index contributed by atoms with van der Waals surface area (Å²) in [6, 6.07) is 0.361. The summed E-state index contributed by atoms with van der Waals surface area (Å²) in [5.41, 5.74) is 0. The Labute approximate surface area is 104 Å². The first-order valence-corrected chi connectivity index (χ1v) is 7.92. The van der Waals surface area contributed by atoms with Crippen LogP contribution in [0.1, 0.15) is 32.6 Å². The van der Waals surface area contributed by atoms with E-state index in [0.717, 1.165) is 13.0 Å². The van der Waals surface area contributed by atoms with Gasteiger partial charge in [-0.3, -0.25) is 0 Å². The van der Waals surface area contributed by atoms with Gasteiger partial charge in [-0.15, -0.1) is 0 Å². The van der Waals surface area contributed by atoms with E-state index in [1.54, 1.807) is 7.11 Å². The lowest BCUT2D eigenvalue weighted by Crippen LogP contribution is -2.38. The number of ether oxygens (including phenoxy) is 1. The highest BCUT2D eigenvalue weighted by Crippen LogP contribution is 2.10. The summed E-state index contributed by atoms with van der Waals surface area (Å²) in [5, 5.41) is 3.35. The first kappa shape index (κ1) is 14.9. The Morgan fingerprint density at radius 2 is 2.24 bits per heavy atom. The minimum Gasteiger partial charge on any atom is -0.380 e. The van der Waals surface area contributed by atoms with Crippen LogP contribution in [0.2, 0.25) is 0 Å². The van der Waals surface area contributed by atoms with E-state index in [1.165, 1.54) is 12.8 Å². The van der Waals surface area contributed by atoms with E-state index >= 15 is 0 Å². The maximum atomic E-state index is 11.7. The van der Waals surface area contributed by atoms with E-state index in [1.807, 2.05) is 6.92 Å². The van der Waals surface area contributed by atoms with Crippen molar-refractivity contribution in [3.63, 3.8) is 0 Å². The Morgan fingerprint density at radius 1 is 1.47 bits per heavy atom. The van der Waals surface area contributed by atoms with Gasteiger partial charge in [-0.2, -0.15) is 0 Å². The summed E-state index contributed by atoms with van der Waals surface area (Å²) >= 11 is 0. The van der Waals surface area contributed by atoms with Crippen molar-refractivity contribution < 1.29 is 13.2 Å². The molecule has 5 nitrogen and oxygen atoms in total. The molecule has 6 heteroatoms. The van der Waals surface area contributed by atoms with Crippen LogP contribution in [0.4, 0.5) is 0 Å². The standard InChI is InChI=1S/C11H24N2O3S/c1-10(16-2)9-13-17(14,15)8-6-11-5-3-4-7-12-11/h10-13H,3-9H2,1-2H3. The third-order valence-electron chi connectivity index (χ3n) is 3.14. The van der Waals surface area contributed by atoms with Gasteiger partial charge in [-0.05, 0) is 32.7 Å². The molecule has 0 radical (unpaired) electrons. The molecule has 1 fully saturated rings. The lowest BCUT2D eigenvalue weighted by atomic mass is 10.0. The molecule has 0 aliphatic carbocycles. The average molecular weight is 264 g/mol. The highest BCUT2D eigenvalue weighted by molar-refractivity contribution is 7.89. The monoisotopic (exact) mass is 264 g/mol. The third kappa shape index (κ3) is 6.35. The van der Waals surface area contributed by atoms with E-state index in [0.29, 0.717) is 19.0 Å². The summed E-state index contributed by atoms with van der Waals surface area (Å²) in [5.74, 6) is 0.196. The van der Waals surface area contributed by atoms with Crippen molar-refractivity contribution in [3.05, 3.63) is 0 Å². The van der Waals surface area contributed by atoms with Gasteiger partial charge in [-0.1, -0.05) is 6.42 Å². The maximum Gasteiger partial charge on any atom is 0.211 e. The van der Waals surface area contributed by atoms with Crippen molar-refractivity contribution in [1.82, 2.24) is 10.0 Å². The third-order valence-corrected chi connectivity index (χ3v) is 4.52. The Bertz CT molecular complexity index is 300. The molecular formula is C11H24N2O3S. The number of hydrogen-bond donors (Lipinski definition) is 2. The maximum absolute atomic E-state index is 11.7. The Hall–Kier alpha value is -0.170. The molecule has 0 spiro atoms. The van der Waals surface area contributed by atoms with Crippen molar-refractivity contribution in [2.45, 2.75) is 44.8 Å². The minimum absolute atomic E-state index is 0.0856. The van der Waals surface area contributed by atoms with E-state index < -0.39 is 10.0 Å². The van der Waals surface area contributed by atoms with E-state index in [-0.39, 0.29) is 11.9 Å². The van der Waals surface area contributed by atoms with Gasteiger partial charge in [-0.25, -0.2) is 13.1 Å². The van der Waals surface area contributed by atoms with Gasteiger partial charge in [0, 0.05) is 19.7 Å². The Kier molecular flexibility index (Phi) is 6.40. The van der Waals surface area contributed by atoms with Crippen LogP contribution >= 0.6 is 0 Å². The smallest absolute Gasteiger partial charge is 0.211 e. The molecule has 1 saturated heterocycles. The summed E-state index contributed by atoms with van der Waals surface area (Å²) in [6.45, 7) is 3.20. The van der Waals surface area contributed by atoms with Gasteiger partial charge in [0.2, 0.25) is 10.0 Å². The lowest BCUT2D eigenvalue weighted by molar-refractivity contribution is 0.122. The van der Waals surface area contributed by atoms with Gasteiger partial charge >= 0.3 is 0 Å². The number of sulfonamides is 1. The van der Waals surface area contributed by atoms with E-state index in [9.17, 15) is 8.42 Å². The fourth-order valence-corrected chi connectivity index (χ4v) is 3.10. The van der Waals surface area contributed by atoms with E-state index in [2.05, 4.69) is 10.0 Å². The van der Waals surface area contributed by atoms with Crippen LogP contribution in [0.25, 0.3) is 0 Å². The summed E-state index contributed by atoms with van der Waals surface area (Å²) in [4.78, 5) is 0. The van der Waals surface area contributed by atoms with Gasteiger partial charge in [0.05, 0.1) is 11.9 Å². The van der Waals surface area contributed by atoms with Crippen LogP contribution in [0.5, 0.6) is 0 Å². The van der Waals surface area contributed by atoms with Gasteiger partial charge in [0.25, 0.3) is 0 Å². The number of piperidine rings is 1. The van der Waals surface area contributed by atoms with Gasteiger partial charge < -0.3 is 10.1 Å². The normalized spacial score (nSPS) is 23.5. The van der Waals surface area contributed by atoms with Crippen molar-refractivity contribution in [2.75, 3.05) is 26.0 Å². The zero-order chi connectivity index (χ0) is 12.7. The summed E-state index contributed by atoms with van der Waals surface area (Å²) in [6.07, 6.45) is 4.09. The molecule has 1 aliphatic rings. The summed E-state index contributed by atoms with van der Waals surface area (Å²) in [7, 11) is -1.58. The van der Waals surface area contributed by atoms with Crippen molar-refractivity contribution in [3.8, 4) is 0 Å². The zero-order valence-electron chi connectivity index (χ0n) is 10.7. The molecule has 0 aromatic heterocycles. The fourth-order valence-electron chi connectivity index (χ4n) is 1.87. The van der Waals surface area contributed by atoms with Crippen LogP contribution in [-0.2, 0) is 14.8 Å². The van der Waals surface area contributed by atoms with E-state index in [4.69, 9.17) is 4.74 Å². The second-order valence-electron chi connectivity index (χ2n) is 4.65. The second-order valence-corrected chi connectivity index (χ2v) is 6.58. The molecule has 0 aromatic carbocycles. The van der Waals surface area contributed by atoms with Crippen molar-refractivity contribution in [1.29, 1.82) is 0 Å². The minimum atomic E-state index is -3.16. The van der Waals surface area contributed by atoms with Crippen LogP contribution in [0, 0.1) is 0 Å². The Balaban J connectivity index is 2.23. The first-order valence-electron chi connectivity index (χ1n) is 6.27. The second kappa shape index (κ2) is 7.31. The van der Waals surface area contributed by atoms with Gasteiger partial charge in [0.1, 0.15) is 0 Å². The van der Waals surface area contributed by atoms with Crippen molar-refractivity contribution >= 4 is 10.0 Å². The molecule has 1 rings (SSSR count). The number of hydrogen-bond acceptors (Lipinski definition) is 4. The molecule has 0 aromatic rings. The quantitative estimate of drug-likeness (QED) is 0.701. The molecule has 2 atom stereocenters. The lowest BCUT2D eigenvalue weighted by Gasteiger charge is -2.23. The largest absolute Gasteiger partial charge is 0.380 e. The van der Waals surface area contributed by atoms with Gasteiger partial charge in [0.15, 0.2) is 0 Å². The number of rotatable bonds is 7. The van der Waals surface area contributed by atoms with Crippen molar-refractivity contribution in [2.24, 2.45) is 0 Å². The number of nitrogens with one attached hydrogen (secondary N) is 2. The molecule has 2 unspecified atom stereocenters. The summed E-state index contributed by atoms with van der Waals surface area (Å²) < 4.78 is 31.0. The molecule has 0 amide bonds. The molecule has 1 aliphatic heterocycles. The van der Waals surface area contributed by atoms with Crippen LogP contribution in [0.15, 0.2) is 0 Å². The molecule has 17 heavy (non-hydrogen) atoms. The topological polar surface area (TPSA) is 67.4 Å². The molecule has 2 N–H and O–H groups in total. The predicted octanol–water partition coefficient (Wildman–Crippen LogP) is 0.473. The average Bonchev–Trinajstić information content (AvgIpc) is 2.35. The highest BCUT2D eigenvalue weighted by Gasteiger charge is 2.17. The molecule has 0 saturated carbocycles.